The van der Waals surface area contributed by atoms with Crippen molar-refractivity contribution in [3.05, 3.63) is 87.6 Å². The summed E-state index contributed by atoms with van der Waals surface area (Å²) >= 11 is 0. The maximum Gasteiger partial charge on any atom is 0.282 e. The number of ether oxygens (including phenoxy) is 1. The van der Waals surface area contributed by atoms with Gasteiger partial charge >= 0.3 is 0 Å². The molecule has 7 nitrogen and oxygen atoms in total. The molecule has 1 aromatic heterocycles. The molecule has 4 rings (SSSR count). The Kier molecular flexibility index (Phi) is 6.40. The number of carbonyl (C=O) groups is 1. The zero-order chi connectivity index (χ0) is 23.5. The molecule has 0 radical (unpaired) electrons. The predicted molar refractivity (Wildman–Crippen MR) is 128 cm³/mol. The lowest BCUT2D eigenvalue weighted by Gasteiger charge is -2.18. The largest absolute Gasteiger partial charge is 0.497 e. The average molecular weight is 445 g/mol. The summed E-state index contributed by atoms with van der Waals surface area (Å²) in [6, 6.07) is 13.1. The summed E-state index contributed by atoms with van der Waals surface area (Å²) in [6.07, 6.45) is 5.76. The van der Waals surface area contributed by atoms with Gasteiger partial charge in [0.05, 0.1) is 18.5 Å². The number of methoxy groups -OCH3 is 1. The molecule has 170 valence electrons. The Morgan fingerprint density at radius 2 is 2.06 bits per heavy atom. The number of aryl methyl sites for hydroxylation is 1. The Labute approximate surface area is 193 Å². The monoisotopic (exact) mass is 444 g/mol. The Hall–Kier alpha value is -3.74. The fraction of sp³-hybridized carbons (Fsp3) is 0.308. The van der Waals surface area contributed by atoms with Gasteiger partial charge in [0.1, 0.15) is 11.4 Å². The standard InChI is InChI=1S/C26H28N4O3/c1-4-21(17-6-5-7-20(14-17)33-3)23(27)24-26(32)30(13-12-28-24)22-15-18(9-8-16(22)2)25(31)29-19-10-11-19/h5-9,12-15,19,21,27H,4,10-11H2,1-3H3,(H,29,31). The van der Waals surface area contributed by atoms with Crippen LogP contribution in [0.4, 0.5) is 0 Å². The molecule has 1 atom stereocenters. The summed E-state index contributed by atoms with van der Waals surface area (Å²) < 4.78 is 6.79. The molecule has 7 heteroatoms. The molecular weight excluding hydrogens is 416 g/mol. The van der Waals surface area contributed by atoms with Gasteiger partial charge in [-0.3, -0.25) is 14.2 Å². The zero-order valence-electron chi connectivity index (χ0n) is 19.1. The third-order valence-corrected chi connectivity index (χ3v) is 5.99. The summed E-state index contributed by atoms with van der Waals surface area (Å²) in [5.41, 5.74) is 2.73. The summed E-state index contributed by atoms with van der Waals surface area (Å²) in [4.78, 5) is 30.2. The summed E-state index contributed by atoms with van der Waals surface area (Å²) in [7, 11) is 1.60. The number of rotatable bonds is 8. The van der Waals surface area contributed by atoms with Crippen LogP contribution >= 0.6 is 0 Å². The van der Waals surface area contributed by atoms with Gasteiger partial charge in [-0.15, -0.1) is 0 Å². The van der Waals surface area contributed by atoms with Crippen LogP contribution < -0.4 is 15.6 Å². The topological polar surface area (TPSA) is 97.1 Å². The van der Waals surface area contributed by atoms with Gasteiger partial charge < -0.3 is 15.5 Å². The number of amides is 1. The van der Waals surface area contributed by atoms with Crippen LogP contribution in [0.1, 0.15) is 59.3 Å². The Bertz CT molecular complexity index is 1260. The number of benzene rings is 2. The average Bonchev–Trinajstić information content (AvgIpc) is 3.64. The second-order valence-electron chi connectivity index (χ2n) is 8.35. The van der Waals surface area contributed by atoms with Gasteiger partial charge in [-0.2, -0.15) is 0 Å². The predicted octanol–water partition coefficient (Wildman–Crippen LogP) is 4.00. The SMILES string of the molecule is CCC(C(=N)c1nccn(-c2cc(C(=O)NC3CC3)ccc2C)c1=O)c1cccc(OC)c1. The maximum atomic E-state index is 13.4. The zero-order valence-corrected chi connectivity index (χ0v) is 19.1. The minimum absolute atomic E-state index is 0.0967. The van der Waals surface area contributed by atoms with E-state index >= 15 is 0 Å². The van der Waals surface area contributed by atoms with Crippen LogP contribution in [0.5, 0.6) is 5.75 Å². The number of hydrogen-bond donors (Lipinski definition) is 2. The van der Waals surface area contributed by atoms with Gasteiger partial charge in [0, 0.05) is 29.9 Å². The van der Waals surface area contributed by atoms with Crippen molar-refractivity contribution in [2.45, 2.75) is 45.1 Å². The molecule has 0 aliphatic heterocycles. The van der Waals surface area contributed by atoms with Crippen LogP contribution in [0.2, 0.25) is 0 Å². The second kappa shape index (κ2) is 9.40. The smallest absolute Gasteiger partial charge is 0.282 e. The lowest BCUT2D eigenvalue weighted by Crippen LogP contribution is -2.30. The molecule has 1 aliphatic carbocycles. The second-order valence-corrected chi connectivity index (χ2v) is 8.35. The van der Waals surface area contributed by atoms with E-state index in [-0.39, 0.29) is 34.8 Å². The van der Waals surface area contributed by atoms with E-state index in [0.717, 1.165) is 24.0 Å². The molecule has 1 fully saturated rings. The first-order valence-corrected chi connectivity index (χ1v) is 11.1. The molecule has 1 unspecified atom stereocenters. The molecule has 3 aromatic rings. The molecule has 33 heavy (non-hydrogen) atoms. The van der Waals surface area contributed by atoms with E-state index in [2.05, 4.69) is 10.3 Å². The molecule has 2 N–H and O–H groups in total. The highest BCUT2D eigenvalue weighted by atomic mass is 16.5. The summed E-state index contributed by atoms with van der Waals surface area (Å²) in [6.45, 7) is 3.87. The lowest BCUT2D eigenvalue weighted by atomic mass is 9.90. The number of nitrogens with one attached hydrogen (secondary N) is 2. The maximum absolute atomic E-state index is 13.4. The van der Waals surface area contributed by atoms with Crippen molar-refractivity contribution in [3.8, 4) is 11.4 Å². The van der Waals surface area contributed by atoms with E-state index in [4.69, 9.17) is 10.1 Å². The normalized spacial score (nSPS) is 13.9. The fourth-order valence-electron chi connectivity index (χ4n) is 3.92. The van der Waals surface area contributed by atoms with E-state index in [9.17, 15) is 9.59 Å². The first-order valence-electron chi connectivity index (χ1n) is 11.1. The number of nitrogens with zero attached hydrogens (tertiary/aromatic N) is 2. The third kappa shape index (κ3) is 4.72. The lowest BCUT2D eigenvalue weighted by molar-refractivity contribution is 0.0951. The molecule has 1 amide bonds. The van der Waals surface area contributed by atoms with E-state index < -0.39 is 0 Å². The highest BCUT2D eigenvalue weighted by Gasteiger charge is 2.25. The molecule has 2 aromatic carbocycles. The molecule has 0 bridgehead atoms. The Morgan fingerprint density at radius 3 is 2.76 bits per heavy atom. The first-order chi connectivity index (χ1) is 15.9. The van der Waals surface area contributed by atoms with Crippen LogP contribution in [0, 0.1) is 12.3 Å². The van der Waals surface area contributed by atoms with Crippen molar-refractivity contribution in [2.24, 2.45) is 0 Å². The van der Waals surface area contributed by atoms with Crippen molar-refractivity contribution >= 4 is 11.6 Å². The van der Waals surface area contributed by atoms with Crippen molar-refractivity contribution in [1.82, 2.24) is 14.9 Å². The Morgan fingerprint density at radius 1 is 1.27 bits per heavy atom. The van der Waals surface area contributed by atoms with E-state index in [1.807, 2.05) is 44.2 Å². The van der Waals surface area contributed by atoms with Crippen LogP contribution in [-0.4, -0.2) is 34.3 Å². The highest BCUT2D eigenvalue weighted by molar-refractivity contribution is 6.01. The molecule has 1 aliphatic rings. The van der Waals surface area contributed by atoms with Crippen molar-refractivity contribution in [2.75, 3.05) is 7.11 Å². The molecule has 1 heterocycles. The first kappa shape index (κ1) is 22.5. The third-order valence-electron chi connectivity index (χ3n) is 5.99. The summed E-state index contributed by atoms with van der Waals surface area (Å²) in [5.74, 6) is 0.264. The number of carbonyl (C=O) groups excluding carboxylic acids is 1. The van der Waals surface area contributed by atoms with Gasteiger partial charge in [-0.25, -0.2) is 4.98 Å². The van der Waals surface area contributed by atoms with Gasteiger partial charge in [0.15, 0.2) is 0 Å². The van der Waals surface area contributed by atoms with Crippen LogP contribution in [0.3, 0.4) is 0 Å². The van der Waals surface area contributed by atoms with Gasteiger partial charge in [-0.1, -0.05) is 25.1 Å². The van der Waals surface area contributed by atoms with Crippen molar-refractivity contribution in [1.29, 1.82) is 5.41 Å². The van der Waals surface area contributed by atoms with Crippen molar-refractivity contribution < 1.29 is 9.53 Å². The van der Waals surface area contributed by atoms with Crippen LogP contribution in [-0.2, 0) is 0 Å². The highest BCUT2D eigenvalue weighted by Crippen LogP contribution is 2.26. The Balaban J connectivity index is 1.71. The van der Waals surface area contributed by atoms with E-state index in [1.54, 1.807) is 25.4 Å². The number of aromatic nitrogens is 2. The van der Waals surface area contributed by atoms with Crippen LogP contribution in [0.15, 0.2) is 59.7 Å². The van der Waals surface area contributed by atoms with Gasteiger partial charge in [0.25, 0.3) is 11.5 Å². The van der Waals surface area contributed by atoms with Crippen molar-refractivity contribution in [3.63, 3.8) is 0 Å². The fourth-order valence-corrected chi connectivity index (χ4v) is 3.92. The van der Waals surface area contributed by atoms with Crippen LogP contribution in [0.25, 0.3) is 5.69 Å². The minimum atomic E-state index is -0.383. The van der Waals surface area contributed by atoms with E-state index in [1.165, 1.54) is 10.8 Å². The van der Waals surface area contributed by atoms with E-state index in [0.29, 0.717) is 23.4 Å². The van der Waals surface area contributed by atoms with Gasteiger partial charge in [-0.05, 0) is 61.6 Å². The summed E-state index contributed by atoms with van der Waals surface area (Å²) in [5, 5.41) is 11.8. The molecule has 0 saturated heterocycles. The molecular formula is C26H28N4O3. The van der Waals surface area contributed by atoms with Gasteiger partial charge in [0.2, 0.25) is 0 Å². The molecule has 1 saturated carbocycles. The quantitative estimate of drug-likeness (QED) is 0.513. The molecule has 0 spiro atoms. The minimum Gasteiger partial charge on any atom is -0.497 e. The number of hydrogen-bond acceptors (Lipinski definition) is 5.